The summed E-state index contributed by atoms with van der Waals surface area (Å²) in [7, 11) is 1.37. The van der Waals surface area contributed by atoms with Crippen molar-refractivity contribution in [2.45, 2.75) is 41.7 Å². The van der Waals surface area contributed by atoms with Gasteiger partial charge in [0, 0.05) is 18.0 Å². The van der Waals surface area contributed by atoms with E-state index in [0.717, 1.165) is 35.8 Å². The van der Waals surface area contributed by atoms with E-state index in [0.29, 0.717) is 19.4 Å². The lowest BCUT2D eigenvalue weighted by molar-refractivity contribution is -0.147. The Balaban J connectivity index is 1.62. The van der Waals surface area contributed by atoms with Crippen LogP contribution in [0.15, 0.2) is 59.5 Å². The highest BCUT2D eigenvalue weighted by atomic mass is 32.2. The van der Waals surface area contributed by atoms with E-state index in [-0.39, 0.29) is 5.91 Å². The molecule has 1 amide bonds. The first-order valence-electron chi connectivity index (χ1n) is 11.1. The van der Waals surface area contributed by atoms with Crippen molar-refractivity contribution in [3.63, 3.8) is 0 Å². The fourth-order valence-corrected chi connectivity index (χ4v) is 5.86. The van der Waals surface area contributed by atoms with Crippen LogP contribution in [0.3, 0.4) is 0 Å². The number of carbonyl (C=O) groups excluding carboxylic acids is 2. The van der Waals surface area contributed by atoms with Gasteiger partial charge in [-0.1, -0.05) is 60.6 Å². The summed E-state index contributed by atoms with van der Waals surface area (Å²) in [6.45, 7) is 3.56. The Hall–Kier alpha value is -2.31. The van der Waals surface area contributed by atoms with Crippen LogP contribution in [0.25, 0.3) is 0 Å². The fraction of sp³-hybridized carbons (Fsp3) is 0.440. The van der Waals surface area contributed by atoms with Gasteiger partial charge in [-0.25, -0.2) is 4.79 Å². The molecule has 164 valence electrons. The minimum absolute atomic E-state index is 0.156. The summed E-state index contributed by atoms with van der Waals surface area (Å²) in [4.78, 5) is 32.2. The van der Waals surface area contributed by atoms with Gasteiger partial charge in [-0.3, -0.25) is 4.79 Å². The van der Waals surface area contributed by atoms with E-state index in [4.69, 9.17) is 4.74 Å². The third kappa shape index (κ3) is 4.65. The number of ether oxygens (including phenoxy) is 1. The molecule has 0 aliphatic carbocycles. The van der Waals surface area contributed by atoms with Gasteiger partial charge < -0.3 is 14.5 Å². The molecular weight excluding hydrogens is 408 g/mol. The van der Waals surface area contributed by atoms with Crippen LogP contribution < -0.4 is 4.90 Å². The summed E-state index contributed by atoms with van der Waals surface area (Å²) >= 11 is 1.35. The van der Waals surface area contributed by atoms with Gasteiger partial charge in [-0.15, -0.1) is 0 Å². The number of piperidine rings is 1. The fourth-order valence-electron chi connectivity index (χ4n) is 4.49. The van der Waals surface area contributed by atoms with Gasteiger partial charge in [-0.05, 0) is 56.5 Å². The van der Waals surface area contributed by atoms with Gasteiger partial charge >= 0.3 is 5.97 Å². The van der Waals surface area contributed by atoms with Gasteiger partial charge in [0.15, 0.2) is 4.75 Å². The highest BCUT2D eigenvalue weighted by Gasteiger charge is 2.53. The summed E-state index contributed by atoms with van der Waals surface area (Å²) in [5.74, 6) is -0.619. The number of anilines is 1. The molecule has 5 nitrogen and oxygen atoms in total. The Kier molecular flexibility index (Phi) is 6.98. The van der Waals surface area contributed by atoms with Crippen LogP contribution in [0.1, 0.15) is 31.2 Å². The summed E-state index contributed by atoms with van der Waals surface area (Å²) in [6, 6.07) is 17.9. The minimum atomic E-state index is -1.26. The van der Waals surface area contributed by atoms with E-state index in [2.05, 4.69) is 4.90 Å². The Morgan fingerprint density at radius 2 is 1.71 bits per heavy atom. The number of fused-ring (bicyclic) bond motifs is 1. The van der Waals surface area contributed by atoms with Crippen molar-refractivity contribution in [1.29, 1.82) is 0 Å². The molecule has 0 N–H and O–H groups in total. The molecule has 2 aliphatic rings. The second kappa shape index (κ2) is 9.88. The van der Waals surface area contributed by atoms with Crippen LogP contribution >= 0.6 is 11.8 Å². The number of methoxy groups -OCH3 is 1. The largest absolute Gasteiger partial charge is 0.468 e. The number of rotatable bonds is 7. The molecule has 31 heavy (non-hydrogen) atoms. The molecular formula is C25H30N2O3S. The molecule has 0 spiro atoms. The summed E-state index contributed by atoms with van der Waals surface area (Å²) in [5, 5.41) is 0. The predicted molar refractivity (Wildman–Crippen MR) is 124 cm³/mol. The number of para-hydroxylation sites is 1. The molecule has 2 aliphatic heterocycles. The van der Waals surface area contributed by atoms with Gasteiger partial charge in [0.05, 0.1) is 12.8 Å². The Bertz CT molecular complexity index is 914. The van der Waals surface area contributed by atoms with E-state index in [9.17, 15) is 9.59 Å². The molecule has 1 fully saturated rings. The zero-order chi connectivity index (χ0) is 21.7. The van der Waals surface area contributed by atoms with Crippen molar-refractivity contribution in [2.24, 2.45) is 0 Å². The molecule has 2 aromatic rings. The topological polar surface area (TPSA) is 49.9 Å². The van der Waals surface area contributed by atoms with Crippen LogP contribution in [0, 0.1) is 0 Å². The predicted octanol–water partition coefficient (Wildman–Crippen LogP) is 4.16. The molecule has 6 heteroatoms. The smallest absolute Gasteiger partial charge is 0.332 e. The minimum Gasteiger partial charge on any atom is -0.468 e. The maximum Gasteiger partial charge on any atom is 0.332 e. The molecule has 0 radical (unpaired) electrons. The number of carbonyl (C=O) groups is 2. The van der Waals surface area contributed by atoms with Gasteiger partial charge in [0.25, 0.3) is 5.91 Å². The number of aryl methyl sites for hydroxylation is 1. The van der Waals surface area contributed by atoms with E-state index < -0.39 is 10.7 Å². The second-order valence-corrected chi connectivity index (χ2v) is 9.57. The Labute approximate surface area is 188 Å². The van der Waals surface area contributed by atoms with Crippen LogP contribution in [-0.4, -0.2) is 54.8 Å². The zero-order valence-electron chi connectivity index (χ0n) is 18.1. The van der Waals surface area contributed by atoms with Crippen molar-refractivity contribution < 1.29 is 14.3 Å². The lowest BCUT2D eigenvalue weighted by Crippen LogP contribution is -2.56. The lowest BCUT2D eigenvalue weighted by Gasteiger charge is -2.41. The average Bonchev–Trinajstić information content (AvgIpc) is 2.83. The number of nitrogens with zero attached hydrogens (tertiary/aromatic N) is 2. The van der Waals surface area contributed by atoms with E-state index in [1.54, 1.807) is 0 Å². The standard InChI is InChI=1S/C25H30N2O3S/c1-30-24(29)25(15-14-20-10-4-2-5-11-20)23(28)27(19-18-26-16-8-3-9-17-26)21-12-6-7-13-22(21)31-25/h2,4-7,10-13H,3,8-9,14-19H2,1H3. The number of likely N-dealkylation sites (tertiary alicyclic amines) is 1. The zero-order valence-corrected chi connectivity index (χ0v) is 18.9. The summed E-state index contributed by atoms with van der Waals surface area (Å²) < 4.78 is 3.93. The molecule has 0 bridgehead atoms. The van der Waals surface area contributed by atoms with Crippen molar-refractivity contribution in [3.05, 3.63) is 60.2 Å². The van der Waals surface area contributed by atoms with Crippen LogP contribution in [-0.2, 0) is 20.7 Å². The first-order valence-corrected chi connectivity index (χ1v) is 11.9. The van der Waals surface area contributed by atoms with E-state index in [1.807, 2.05) is 59.5 Å². The number of esters is 1. The maximum absolute atomic E-state index is 13.9. The first-order chi connectivity index (χ1) is 15.1. The molecule has 0 saturated carbocycles. The van der Waals surface area contributed by atoms with Crippen LogP contribution in [0.2, 0.25) is 0 Å². The monoisotopic (exact) mass is 438 g/mol. The maximum atomic E-state index is 13.9. The Morgan fingerprint density at radius 3 is 2.45 bits per heavy atom. The van der Waals surface area contributed by atoms with Gasteiger partial charge in [-0.2, -0.15) is 0 Å². The number of amides is 1. The SMILES string of the molecule is COC(=O)C1(CCc2ccccc2)Sc2ccccc2N(CCN2CCCCC2)C1=O. The quantitative estimate of drug-likeness (QED) is 0.480. The first kappa shape index (κ1) is 21.9. The molecule has 2 aromatic carbocycles. The normalized spacial score (nSPS) is 21.6. The third-order valence-electron chi connectivity index (χ3n) is 6.24. The van der Waals surface area contributed by atoms with Crippen molar-refractivity contribution >= 4 is 29.3 Å². The second-order valence-electron chi connectivity index (χ2n) is 8.23. The molecule has 0 aromatic heterocycles. The van der Waals surface area contributed by atoms with E-state index in [1.165, 1.54) is 38.1 Å². The van der Waals surface area contributed by atoms with Crippen LogP contribution in [0.5, 0.6) is 0 Å². The van der Waals surface area contributed by atoms with Crippen molar-refractivity contribution in [3.8, 4) is 0 Å². The highest BCUT2D eigenvalue weighted by molar-refractivity contribution is 8.02. The molecule has 4 rings (SSSR count). The van der Waals surface area contributed by atoms with Crippen molar-refractivity contribution in [2.75, 3.05) is 38.2 Å². The van der Waals surface area contributed by atoms with Gasteiger partial charge in [0.2, 0.25) is 0 Å². The number of benzene rings is 2. The molecule has 1 saturated heterocycles. The number of hydrogen-bond acceptors (Lipinski definition) is 5. The van der Waals surface area contributed by atoms with Crippen LogP contribution in [0.4, 0.5) is 5.69 Å². The number of hydrogen-bond donors (Lipinski definition) is 0. The highest BCUT2D eigenvalue weighted by Crippen LogP contribution is 2.48. The summed E-state index contributed by atoms with van der Waals surface area (Å²) in [6.07, 6.45) is 4.75. The average molecular weight is 439 g/mol. The Morgan fingerprint density at radius 1 is 1.00 bits per heavy atom. The third-order valence-corrected chi connectivity index (χ3v) is 7.70. The molecule has 1 unspecified atom stereocenters. The molecule has 1 atom stereocenters. The van der Waals surface area contributed by atoms with Gasteiger partial charge in [0.1, 0.15) is 0 Å². The van der Waals surface area contributed by atoms with E-state index >= 15 is 0 Å². The number of thioether (sulfide) groups is 1. The van der Waals surface area contributed by atoms with Crippen molar-refractivity contribution in [1.82, 2.24) is 4.90 Å². The molecule has 2 heterocycles. The lowest BCUT2D eigenvalue weighted by atomic mass is 9.96. The summed E-state index contributed by atoms with van der Waals surface area (Å²) in [5.41, 5.74) is 2.01.